The van der Waals surface area contributed by atoms with E-state index in [-0.39, 0.29) is 22.7 Å². The van der Waals surface area contributed by atoms with Crippen LogP contribution in [0.2, 0.25) is 0 Å². The van der Waals surface area contributed by atoms with Gasteiger partial charge >= 0.3 is 6.18 Å². The number of aromatic nitrogens is 1. The molecule has 2 aromatic carbocycles. The van der Waals surface area contributed by atoms with Gasteiger partial charge in [0.2, 0.25) is 5.69 Å². The van der Waals surface area contributed by atoms with Crippen molar-refractivity contribution in [2.75, 3.05) is 7.11 Å². The van der Waals surface area contributed by atoms with E-state index in [2.05, 4.69) is 9.83 Å². The molecule has 0 amide bonds. The number of nitrogens with zero attached hydrogens (tertiary/aromatic N) is 1. The summed E-state index contributed by atoms with van der Waals surface area (Å²) in [4.78, 5) is 6.23. The molecule has 31 heavy (non-hydrogen) atoms. The van der Waals surface area contributed by atoms with Crippen molar-refractivity contribution in [1.82, 2.24) is 4.98 Å². The number of H-pyrrole nitrogens is 1. The first-order valence-corrected chi connectivity index (χ1v) is 9.52. The molecule has 1 unspecified atom stereocenters. The highest BCUT2D eigenvalue weighted by Gasteiger charge is 2.56. The molecule has 0 saturated heterocycles. The van der Waals surface area contributed by atoms with Crippen LogP contribution in [0.25, 0.3) is 15.7 Å². The Morgan fingerprint density at radius 3 is 2.42 bits per heavy atom. The Morgan fingerprint density at radius 1 is 1.13 bits per heavy atom. The van der Waals surface area contributed by atoms with Crippen molar-refractivity contribution in [2.45, 2.75) is 43.9 Å². The SMILES string of the molecule is [C-]#[N+]c1c(CC(O)(CC(C)(C)c2cc(F)ccc2OC)C(F)(F)F)[nH]c2ccccc12. The van der Waals surface area contributed by atoms with Crippen molar-refractivity contribution < 1.29 is 27.4 Å². The average molecular weight is 434 g/mol. The van der Waals surface area contributed by atoms with Crippen LogP contribution < -0.4 is 4.74 Å². The molecule has 164 valence electrons. The monoisotopic (exact) mass is 434 g/mol. The molecule has 0 saturated carbocycles. The molecule has 2 N–H and O–H groups in total. The minimum absolute atomic E-state index is 0.00182. The minimum Gasteiger partial charge on any atom is -0.496 e. The van der Waals surface area contributed by atoms with Crippen LogP contribution in [-0.4, -0.2) is 29.0 Å². The maximum atomic E-state index is 14.1. The number of hydrogen-bond donors (Lipinski definition) is 2. The largest absolute Gasteiger partial charge is 0.496 e. The molecule has 8 heteroatoms. The summed E-state index contributed by atoms with van der Waals surface area (Å²) < 4.78 is 61.5. The molecule has 1 aromatic heterocycles. The van der Waals surface area contributed by atoms with E-state index in [0.29, 0.717) is 10.9 Å². The van der Waals surface area contributed by atoms with Crippen LogP contribution in [0, 0.1) is 12.4 Å². The summed E-state index contributed by atoms with van der Waals surface area (Å²) in [6.45, 7) is 10.4. The summed E-state index contributed by atoms with van der Waals surface area (Å²) >= 11 is 0. The van der Waals surface area contributed by atoms with Gasteiger partial charge in [0.05, 0.1) is 13.7 Å². The Bertz CT molecular complexity index is 1140. The van der Waals surface area contributed by atoms with Crippen LogP contribution in [0.5, 0.6) is 5.75 Å². The number of benzene rings is 2. The topological polar surface area (TPSA) is 49.6 Å². The summed E-state index contributed by atoms with van der Waals surface area (Å²) in [6.07, 6.45) is -6.61. The molecule has 3 aromatic rings. The van der Waals surface area contributed by atoms with Crippen molar-refractivity contribution in [3.63, 3.8) is 0 Å². The zero-order chi connectivity index (χ0) is 23.0. The zero-order valence-electron chi connectivity index (χ0n) is 17.3. The van der Waals surface area contributed by atoms with Gasteiger partial charge in [-0.1, -0.05) is 32.0 Å². The lowest BCUT2D eigenvalue weighted by molar-refractivity contribution is -0.266. The normalized spacial score (nSPS) is 14.3. The van der Waals surface area contributed by atoms with Crippen LogP contribution in [0.3, 0.4) is 0 Å². The third kappa shape index (κ3) is 4.23. The fourth-order valence-corrected chi connectivity index (χ4v) is 4.03. The zero-order valence-corrected chi connectivity index (χ0v) is 17.3. The highest BCUT2D eigenvalue weighted by Crippen LogP contribution is 2.46. The van der Waals surface area contributed by atoms with Gasteiger partial charge in [0.15, 0.2) is 5.60 Å². The second-order valence-electron chi connectivity index (χ2n) is 8.22. The number of fused-ring (bicyclic) bond motifs is 1. The van der Waals surface area contributed by atoms with Crippen molar-refractivity contribution in [3.05, 3.63) is 71.0 Å². The Kier molecular flexibility index (Phi) is 5.76. The van der Waals surface area contributed by atoms with Gasteiger partial charge in [-0.2, -0.15) is 13.2 Å². The smallest absolute Gasteiger partial charge is 0.417 e. The molecule has 0 bridgehead atoms. The van der Waals surface area contributed by atoms with Gasteiger partial charge in [0, 0.05) is 28.6 Å². The predicted octanol–water partition coefficient (Wildman–Crippen LogP) is 6.07. The standard InChI is InChI=1S/C23H22F4N2O2/c1-21(2,16-11-14(24)9-10-19(16)31-4)13-22(30,23(25,26)27)12-18-20(28-3)15-7-5-6-8-17(15)29-18/h5-11,29-30H,12-13H2,1-2,4H3. The molecule has 1 atom stereocenters. The first-order valence-electron chi connectivity index (χ1n) is 9.52. The molecule has 0 aliphatic carbocycles. The second-order valence-corrected chi connectivity index (χ2v) is 8.22. The Balaban J connectivity index is 2.07. The number of hydrogen-bond acceptors (Lipinski definition) is 2. The molecule has 4 nitrogen and oxygen atoms in total. The van der Waals surface area contributed by atoms with Gasteiger partial charge in [0.1, 0.15) is 11.6 Å². The van der Waals surface area contributed by atoms with Crippen LogP contribution in [0.1, 0.15) is 31.5 Å². The average Bonchev–Trinajstić information content (AvgIpc) is 3.03. The van der Waals surface area contributed by atoms with E-state index in [4.69, 9.17) is 11.3 Å². The van der Waals surface area contributed by atoms with Crippen LogP contribution in [-0.2, 0) is 11.8 Å². The number of rotatable bonds is 6. The van der Waals surface area contributed by atoms with Crippen molar-refractivity contribution >= 4 is 16.6 Å². The summed E-state index contributed by atoms with van der Waals surface area (Å²) in [5, 5.41) is 11.4. The molecule has 0 spiro atoms. The lowest BCUT2D eigenvalue weighted by Crippen LogP contribution is -2.51. The predicted molar refractivity (Wildman–Crippen MR) is 110 cm³/mol. The van der Waals surface area contributed by atoms with Crippen molar-refractivity contribution in [1.29, 1.82) is 0 Å². The lowest BCUT2D eigenvalue weighted by atomic mass is 9.73. The number of nitrogens with one attached hydrogen (secondary N) is 1. The van der Waals surface area contributed by atoms with Gasteiger partial charge in [-0.05, 0) is 36.1 Å². The van der Waals surface area contributed by atoms with E-state index >= 15 is 0 Å². The Labute approximate surface area is 177 Å². The van der Waals surface area contributed by atoms with Gasteiger partial charge < -0.3 is 14.8 Å². The number of para-hydroxylation sites is 1. The van der Waals surface area contributed by atoms with Crippen LogP contribution >= 0.6 is 0 Å². The fourth-order valence-electron chi connectivity index (χ4n) is 4.03. The number of ether oxygens (including phenoxy) is 1. The Morgan fingerprint density at radius 2 is 1.81 bits per heavy atom. The Hall–Kier alpha value is -3.05. The minimum atomic E-state index is -5.00. The quantitative estimate of drug-likeness (QED) is 0.365. The highest BCUT2D eigenvalue weighted by molar-refractivity contribution is 5.94. The number of aliphatic hydroxyl groups is 1. The third-order valence-electron chi connectivity index (χ3n) is 5.49. The van der Waals surface area contributed by atoms with Crippen LogP contribution in [0.4, 0.5) is 23.2 Å². The molecule has 3 rings (SSSR count). The van der Waals surface area contributed by atoms with Gasteiger partial charge in [-0.25, -0.2) is 9.24 Å². The van der Waals surface area contributed by atoms with Gasteiger partial charge in [-0.3, -0.25) is 0 Å². The fraction of sp³-hybridized carbons (Fsp3) is 0.348. The van der Waals surface area contributed by atoms with E-state index < -0.39 is 35.9 Å². The van der Waals surface area contributed by atoms with E-state index in [1.807, 2.05) is 0 Å². The van der Waals surface area contributed by atoms with E-state index in [1.54, 1.807) is 24.3 Å². The summed E-state index contributed by atoms with van der Waals surface area (Å²) in [5.74, 6) is -0.395. The number of alkyl halides is 3. The first-order chi connectivity index (χ1) is 14.4. The molecular weight excluding hydrogens is 412 g/mol. The maximum absolute atomic E-state index is 14.1. The molecule has 0 aliphatic rings. The molecular formula is C23H22F4N2O2. The van der Waals surface area contributed by atoms with Gasteiger partial charge in [-0.15, -0.1) is 0 Å². The van der Waals surface area contributed by atoms with Crippen molar-refractivity contribution in [3.8, 4) is 5.75 Å². The molecule has 0 aliphatic heterocycles. The third-order valence-corrected chi connectivity index (χ3v) is 5.49. The molecule has 0 radical (unpaired) electrons. The summed E-state index contributed by atoms with van der Waals surface area (Å²) in [5.41, 5.74) is -3.72. The second kappa shape index (κ2) is 7.89. The molecule has 0 fully saturated rings. The lowest BCUT2D eigenvalue weighted by Gasteiger charge is -2.38. The van der Waals surface area contributed by atoms with Crippen LogP contribution in [0.15, 0.2) is 42.5 Å². The first kappa shape index (κ1) is 22.6. The highest BCUT2D eigenvalue weighted by atomic mass is 19.4. The van der Waals surface area contributed by atoms with E-state index in [9.17, 15) is 22.7 Å². The number of methoxy groups -OCH3 is 1. The summed E-state index contributed by atoms with van der Waals surface area (Å²) in [7, 11) is 1.34. The van der Waals surface area contributed by atoms with E-state index in [1.165, 1.54) is 27.0 Å². The number of halogens is 4. The van der Waals surface area contributed by atoms with Crippen molar-refractivity contribution in [2.24, 2.45) is 0 Å². The number of aromatic amines is 1. The van der Waals surface area contributed by atoms with Gasteiger partial charge in [0.25, 0.3) is 0 Å². The maximum Gasteiger partial charge on any atom is 0.417 e. The van der Waals surface area contributed by atoms with E-state index in [0.717, 1.165) is 12.1 Å². The molecule has 1 heterocycles. The summed E-state index contributed by atoms with van der Waals surface area (Å²) in [6, 6.07) is 10.3.